The molecule has 0 saturated heterocycles. The molecule has 4 aromatic carbocycles. The average molecular weight is 656 g/mol. The number of nitrogens with one attached hydrogen (secondary N) is 3. The molecule has 0 fully saturated rings. The molecule has 1 unspecified atom stereocenters. The van der Waals surface area contributed by atoms with Crippen LogP contribution >= 0.6 is 11.8 Å². The number of aromatic carboxylic acids is 1. The number of amides is 3. The Labute approximate surface area is 275 Å². The van der Waals surface area contributed by atoms with Crippen molar-refractivity contribution in [3.63, 3.8) is 0 Å². The van der Waals surface area contributed by atoms with Crippen molar-refractivity contribution in [3.8, 4) is 17.2 Å². The van der Waals surface area contributed by atoms with Crippen LogP contribution in [0, 0.1) is 0 Å². The number of carboxylic acids is 1. The third kappa shape index (κ3) is 9.14. The zero-order chi connectivity index (χ0) is 33.9. The summed E-state index contributed by atoms with van der Waals surface area (Å²) in [5.74, 6) is -1.16. The first kappa shape index (κ1) is 34.1. The maximum absolute atomic E-state index is 13.6. The van der Waals surface area contributed by atoms with Gasteiger partial charge < -0.3 is 35.3 Å². The van der Waals surface area contributed by atoms with E-state index in [-0.39, 0.29) is 17.2 Å². The predicted octanol–water partition coefficient (Wildman–Crippen LogP) is 5.94. The van der Waals surface area contributed by atoms with Crippen molar-refractivity contribution < 1.29 is 38.5 Å². The Morgan fingerprint density at radius 1 is 0.723 bits per heavy atom. The summed E-state index contributed by atoms with van der Waals surface area (Å²) in [6.07, 6.45) is 1.48. The van der Waals surface area contributed by atoms with Crippen molar-refractivity contribution in [1.82, 2.24) is 5.32 Å². The maximum Gasteiger partial charge on any atom is 0.335 e. The second-order valence-corrected chi connectivity index (χ2v) is 11.4. The first-order valence-corrected chi connectivity index (χ1v) is 15.1. The number of ether oxygens (including phenoxy) is 3. The molecule has 0 aliphatic carbocycles. The standard InChI is InChI=1S/C35H33N3O8S/c1-21(32(39)36-25-12-10-23(11-13-25)35(42)43)47-27-16-14-26(15-17-27)37-34(41)28(38-33(40)22-8-6-5-7-9-22)18-24-19-30(45-3)31(46-4)20-29(24)44-2/h5-21H,1-4H3,(H,36,39)(H,37,41)(H,38,40)(H,42,43)/b28-18-. The zero-order valence-electron chi connectivity index (χ0n) is 26.0. The van der Waals surface area contributed by atoms with Gasteiger partial charge in [-0.3, -0.25) is 14.4 Å². The molecule has 12 heteroatoms. The van der Waals surface area contributed by atoms with Crippen molar-refractivity contribution in [2.45, 2.75) is 17.1 Å². The van der Waals surface area contributed by atoms with Crippen molar-refractivity contribution in [2.75, 3.05) is 32.0 Å². The summed E-state index contributed by atoms with van der Waals surface area (Å²) in [7, 11) is 4.46. The van der Waals surface area contributed by atoms with Gasteiger partial charge in [0.2, 0.25) is 5.91 Å². The summed E-state index contributed by atoms with van der Waals surface area (Å²) in [6, 6.07) is 24.5. The van der Waals surface area contributed by atoms with E-state index in [1.807, 2.05) is 0 Å². The van der Waals surface area contributed by atoms with Gasteiger partial charge in [-0.25, -0.2) is 4.79 Å². The lowest BCUT2D eigenvalue weighted by atomic mass is 10.1. The number of rotatable bonds is 13. The fraction of sp³-hybridized carbons (Fsp3) is 0.143. The van der Waals surface area contributed by atoms with Crippen molar-refractivity contribution in [3.05, 3.63) is 113 Å². The van der Waals surface area contributed by atoms with Crippen LogP contribution in [0.5, 0.6) is 17.2 Å². The molecule has 4 aromatic rings. The van der Waals surface area contributed by atoms with Gasteiger partial charge >= 0.3 is 5.97 Å². The van der Waals surface area contributed by atoms with Gasteiger partial charge in [0.1, 0.15) is 11.4 Å². The zero-order valence-corrected chi connectivity index (χ0v) is 26.8. The molecular formula is C35H33N3O8S. The number of carboxylic acid groups (broad SMARTS) is 1. The van der Waals surface area contributed by atoms with Gasteiger partial charge in [-0.2, -0.15) is 0 Å². The topological polar surface area (TPSA) is 152 Å². The molecule has 1 atom stereocenters. The Morgan fingerprint density at radius 3 is 1.89 bits per heavy atom. The fourth-order valence-electron chi connectivity index (χ4n) is 4.28. The molecule has 0 radical (unpaired) electrons. The number of anilines is 2. The van der Waals surface area contributed by atoms with E-state index in [1.165, 1.54) is 63.4 Å². The summed E-state index contributed by atoms with van der Waals surface area (Å²) in [6.45, 7) is 1.75. The van der Waals surface area contributed by atoms with Gasteiger partial charge in [0.25, 0.3) is 11.8 Å². The highest BCUT2D eigenvalue weighted by Gasteiger charge is 2.19. The summed E-state index contributed by atoms with van der Waals surface area (Å²) >= 11 is 1.31. The van der Waals surface area contributed by atoms with Crippen LogP contribution in [0.3, 0.4) is 0 Å². The summed E-state index contributed by atoms with van der Waals surface area (Å²) in [5.41, 5.74) is 1.83. The number of thioether (sulfide) groups is 1. The van der Waals surface area contributed by atoms with Crippen molar-refractivity contribution in [2.24, 2.45) is 0 Å². The first-order valence-electron chi connectivity index (χ1n) is 14.2. The van der Waals surface area contributed by atoms with Crippen LogP contribution in [0.25, 0.3) is 6.08 Å². The first-order chi connectivity index (χ1) is 22.6. The summed E-state index contributed by atoms with van der Waals surface area (Å²) < 4.78 is 16.3. The van der Waals surface area contributed by atoms with E-state index in [0.717, 1.165) is 4.90 Å². The molecule has 0 bridgehead atoms. The normalized spacial score (nSPS) is 11.5. The van der Waals surface area contributed by atoms with E-state index < -0.39 is 23.0 Å². The van der Waals surface area contributed by atoms with E-state index in [4.69, 9.17) is 19.3 Å². The third-order valence-corrected chi connectivity index (χ3v) is 7.87. The molecule has 0 aromatic heterocycles. The molecule has 0 aliphatic rings. The van der Waals surface area contributed by atoms with E-state index in [0.29, 0.717) is 39.8 Å². The average Bonchev–Trinajstić information content (AvgIpc) is 3.08. The Kier molecular flexibility index (Phi) is 11.6. The van der Waals surface area contributed by atoms with E-state index in [9.17, 15) is 19.2 Å². The van der Waals surface area contributed by atoms with Gasteiger partial charge in [-0.15, -0.1) is 11.8 Å². The highest BCUT2D eigenvalue weighted by Crippen LogP contribution is 2.35. The summed E-state index contributed by atoms with van der Waals surface area (Å²) in [4.78, 5) is 51.2. The van der Waals surface area contributed by atoms with Crippen LogP contribution in [-0.4, -0.2) is 55.4 Å². The van der Waals surface area contributed by atoms with Crippen LogP contribution in [0.4, 0.5) is 11.4 Å². The van der Waals surface area contributed by atoms with E-state index in [1.54, 1.807) is 73.7 Å². The molecule has 0 heterocycles. The van der Waals surface area contributed by atoms with Crippen LogP contribution in [0.2, 0.25) is 0 Å². The second kappa shape index (κ2) is 16.0. The minimum Gasteiger partial charge on any atom is -0.496 e. The van der Waals surface area contributed by atoms with E-state index in [2.05, 4.69) is 16.0 Å². The van der Waals surface area contributed by atoms with Crippen molar-refractivity contribution >= 4 is 52.9 Å². The number of hydrogen-bond acceptors (Lipinski definition) is 8. The van der Waals surface area contributed by atoms with Gasteiger partial charge in [0.15, 0.2) is 11.5 Å². The Balaban J connectivity index is 1.50. The predicted molar refractivity (Wildman–Crippen MR) is 180 cm³/mol. The molecule has 242 valence electrons. The molecule has 3 amide bonds. The molecule has 0 spiro atoms. The lowest BCUT2D eigenvalue weighted by Crippen LogP contribution is -2.30. The number of benzene rings is 4. The molecule has 11 nitrogen and oxygen atoms in total. The smallest absolute Gasteiger partial charge is 0.335 e. The largest absolute Gasteiger partial charge is 0.496 e. The van der Waals surface area contributed by atoms with Gasteiger partial charge in [-0.05, 0) is 79.7 Å². The SMILES string of the molecule is COc1cc(OC)c(OC)cc1/C=C(\NC(=O)c1ccccc1)C(=O)Nc1ccc(SC(C)C(=O)Nc2ccc(C(=O)O)cc2)cc1. The Bertz CT molecular complexity index is 1780. The quantitative estimate of drug-likeness (QED) is 0.101. The summed E-state index contributed by atoms with van der Waals surface area (Å²) in [5, 5.41) is 16.9. The minimum atomic E-state index is -1.05. The van der Waals surface area contributed by atoms with Gasteiger partial charge in [-0.1, -0.05) is 18.2 Å². The van der Waals surface area contributed by atoms with Crippen LogP contribution in [-0.2, 0) is 9.59 Å². The lowest BCUT2D eigenvalue weighted by Gasteiger charge is -2.15. The molecular weight excluding hydrogens is 622 g/mol. The van der Waals surface area contributed by atoms with Gasteiger partial charge in [0, 0.05) is 33.5 Å². The van der Waals surface area contributed by atoms with Crippen LogP contribution < -0.4 is 30.2 Å². The van der Waals surface area contributed by atoms with Crippen molar-refractivity contribution in [1.29, 1.82) is 0 Å². The van der Waals surface area contributed by atoms with Crippen LogP contribution in [0.15, 0.2) is 102 Å². The third-order valence-electron chi connectivity index (χ3n) is 6.76. The highest BCUT2D eigenvalue weighted by molar-refractivity contribution is 8.00. The second-order valence-electron chi connectivity index (χ2n) is 9.94. The maximum atomic E-state index is 13.6. The Hall–Kier alpha value is -5.75. The monoisotopic (exact) mass is 655 g/mol. The number of carbonyl (C=O) groups excluding carboxylic acids is 3. The number of hydrogen-bond donors (Lipinski definition) is 4. The highest BCUT2D eigenvalue weighted by atomic mass is 32.2. The van der Waals surface area contributed by atoms with Gasteiger partial charge in [0.05, 0.1) is 32.1 Å². The Morgan fingerprint density at radius 2 is 1.30 bits per heavy atom. The molecule has 47 heavy (non-hydrogen) atoms. The molecule has 0 aliphatic heterocycles. The number of methoxy groups -OCH3 is 3. The molecule has 0 saturated carbocycles. The lowest BCUT2D eigenvalue weighted by molar-refractivity contribution is -0.115. The molecule has 4 N–H and O–H groups in total. The number of carbonyl (C=O) groups is 4. The molecule has 4 rings (SSSR count). The fourth-order valence-corrected chi connectivity index (χ4v) is 5.14. The minimum absolute atomic E-state index is 0.0514. The van der Waals surface area contributed by atoms with Crippen LogP contribution in [0.1, 0.15) is 33.2 Å². The van der Waals surface area contributed by atoms with E-state index >= 15 is 0 Å².